The number of hydrogen-bond acceptors (Lipinski definition) is 4. The molecule has 0 spiro atoms. The first-order chi connectivity index (χ1) is 15.2. The molecule has 4 aliphatic heterocycles. The predicted octanol–water partition coefficient (Wildman–Crippen LogP) is 1.46. The van der Waals surface area contributed by atoms with E-state index < -0.39 is 0 Å². The van der Waals surface area contributed by atoms with Crippen LogP contribution in [0, 0.1) is 5.21 Å². The van der Waals surface area contributed by atoms with Crippen LogP contribution in [0.4, 0.5) is 0 Å². The van der Waals surface area contributed by atoms with Crippen molar-refractivity contribution in [2.75, 3.05) is 0 Å². The van der Waals surface area contributed by atoms with Crippen LogP contribution in [0.15, 0.2) is 112 Å². The summed E-state index contributed by atoms with van der Waals surface area (Å²) in [4.78, 5) is 17.1. The number of nitrogens with one attached hydrogen (secondary N) is 2. The minimum atomic E-state index is -0.0399. The van der Waals surface area contributed by atoms with Gasteiger partial charge in [-0.3, -0.25) is 4.98 Å². The van der Waals surface area contributed by atoms with Gasteiger partial charge >= 0.3 is 0 Å². The number of hydrogen-bond donors (Lipinski definition) is 2. The fraction of sp³-hybridized carbons (Fsp3) is 0. The minimum absolute atomic E-state index is 0. The van der Waals surface area contributed by atoms with Gasteiger partial charge in [0.2, 0.25) is 0 Å². The topological polar surface area (TPSA) is 80.9 Å². The van der Waals surface area contributed by atoms with Crippen molar-refractivity contribution in [3.63, 3.8) is 0 Å². The van der Waals surface area contributed by atoms with Crippen LogP contribution in [0.3, 0.4) is 0 Å². The molecule has 0 amide bonds. The standard InChI is InChI=1S/C25H17N5O.Ni/c31-30-22-13-20-8-6-18(28-20)11-16-4-5-17(27-16)12-19-7-9-21(29-19)14-25(30)23(15-22)24-3-1-2-10-26-24;/h1-15,28,30H;. The molecule has 2 aromatic heterocycles. The Balaban J connectivity index is 0.00000216. The van der Waals surface area contributed by atoms with Crippen molar-refractivity contribution >= 4 is 29.1 Å². The molecule has 0 fully saturated rings. The number of pyridine rings is 1. The molecule has 8 bridgehead atoms. The number of aromatic amines is 1. The Kier molecular flexibility index (Phi) is 5.15. The van der Waals surface area contributed by atoms with E-state index in [9.17, 15) is 5.21 Å². The van der Waals surface area contributed by atoms with Crippen molar-refractivity contribution in [1.29, 1.82) is 0 Å². The Labute approximate surface area is 194 Å². The molecule has 4 aliphatic rings. The van der Waals surface area contributed by atoms with Crippen LogP contribution in [-0.4, -0.2) is 21.4 Å². The average Bonchev–Trinajstić information content (AvgIpc) is 3.56. The van der Waals surface area contributed by atoms with Gasteiger partial charge in [0.1, 0.15) is 11.4 Å². The fourth-order valence-electron chi connectivity index (χ4n) is 3.90. The Bertz CT molecular complexity index is 1480. The number of hydroxylamine groups is 2. The van der Waals surface area contributed by atoms with E-state index in [0.29, 0.717) is 11.4 Å². The zero-order valence-corrected chi connectivity index (χ0v) is 17.7. The third kappa shape index (κ3) is 3.74. The van der Waals surface area contributed by atoms with Crippen molar-refractivity contribution in [3.05, 3.63) is 123 Å². The minimum Gasteiger partial charge on any atom is -0.623 e. The molecule has 7 heteroatoms. The summed E-state index contributed by atoms with van der Waals surface area (Å²) in [6.07, 6.45) is 19.0. The Morgan fingerprint density at radius 2 is 1.47 bits per heavy atom. The van der Waals surface area contributed by atoms with Gasteiger partial charge < -0.3 is 15.3 Å². The van der Waals surface area contributed by atoms with Gasteiger partial charge in [0, 0.05) is 51.6 Å². The van der Waals surface area contributed by atoms with E-state index in [0.717, 1.165) is 44.8 Å². The second kappa shape index (κ2) is 8.13. The second-order valence-electron chi connectivity index (χ2n) is 7.51. The van der Waals surface area contributed by atoms with Crippen molar-refractivity contribution in [2.24, 2.45) is 9.98 Å². The maximum absolute atomic E-state index is 13.3. The van der Waals surface area contributed by atoms with E-state index in [2.05, 4.69) is 20.0 Å². The molecule has 158 valence electrons. The summed E-state index contributed by atoms with van der Waals surface area (Å²) < 4.78 is 0. The van der Waals surface area contributed by atoms with Gasteiger partial charge in [-0.25, -0.2) is 9.98 Å². The molecule has 1 unspecified atom stereocenters. The molecule has 0 aliphatic carbocycles. The van der Waals surface area contributed by atoms with E-state index >= 15 is 0 Å². The van der Waals surface area contributed by atoms with Crippen LogP contribution >= 0.6 is 0 Å². The van der Waals surface area contributed by atoms with E-state index in [1.165, 1.54) is 0 Å². The summed E-state index contributed by atoms with van der Waals surface area (Å²) in [5.41, 5.74) is 6.00. The first kappa shape index (κ1) is 20.3. The molecule has 6 heterocycles. The Morgan fingerprint density at radius 1 is 0.750 bits per heavy atom. The first-order valence-electron chi connectivity index (χ1n) is 9.99. The number of fused-ring (bicyclic) bond motifs is 6. The van der Waals surface area contributed by atoms with E-state index in [1.807, 2.05) is 85.0 Å². The third-order valence-electron chi connectivity index (χ3n) is 5.34. The van der Waals surface area contributed by atoms with E-state index in [1.54, 1.807) is 6.20 Å². The number of quaternary nitrogens is 1. The van der Waals surface area contributed by atoms with Crippen LogP contribution in [0.2, 0.25) is 0 Å². The SMILES string of the molecule is [Ni].[O-][NH+]1C2=CC(c3ccccn3)=C1C=C1C=CC(=N1)C=C1C=CC(=N1)C=c1ccc([nH]1)=C2. The molecule has 0 radical (unpaired) electrons. The van der Waals surface area contributed by atoms with Gasteiger partial charge in [0.25, 0.3) is 0 Å². The number of aromatic nitrogens is 2. The smallest absolute Gasteiger partial charge is 0.148 e. The predicted molar refractivity (Wildman–Crippen MR) is 122 cm³/mol. The van der Waals surface area contributed by atoms with Gasteiger partial charge in [0.15, 0.2) is 0 Å². The Morgan fingerprint density at radius 3 is 2.22 bits per heavy atom. The van der Waals surface area contributed by atoms with Gasteiger partial charge in [0.05, 0.1) is 34.1 Å². The van der Waals surface area contributed by atoms with Crippen LogP contribution < -0.4 is 15.8 Å². The van der Waals surface area contributed by atoms with Crippen LogP contribution in [0.5, 0.6) is 0 Å². The molecule has 0 saturated carbocycles. The summed E-state index contributed by atoms with van der Waals surface area (Å²) in [5, 5.41) is 15.1. The van der Waals surface area contributed by atoms with Crippen LogP contribution in [-0.2, 0) is 16.5 Å². The number of allylic oxidation sites excluding steroid dienone is 9. The number of H-pyrrole nitrogens is 1. The van der Waals surface area contributed by atoms with Crippen molar-refractivity contribution in [2.45, 2.75) is 0 Å². The monoisotopic (exact) mass is 461 g/mol. The van der Waals surface area contributed by atoms with Crippen LogP contribution in [0.1, 0.15) is 5.69 Å². The summed E-state index contributed by atoms with van der Waals surface area (Å²) in [7, 11) is 0. The number of rotatable bonds is 1. The summed E-state index contributed by atoms with van der Waals surface area (Å²) in [6.45, 7) is 0. The quantitative estimate of drug-likeness (QED) is 0.498. The summed E-state index contributed by atoms with van der Waals surface area (Å²) in [6, 6.07) is 9.64. The summed E-state index contributed by atoms with van der Waals surface area (Å²) in [5.74, 6) is 0. The normalized spacial score (nSPS) is 20.5. The molecule has 2 aromatic rings. The molecular weight excluding hydrogens is 445 g/mol. The van der Waals surface area contributed by atoms with Crippen molar-refractivity contribution in [1.82, 2.24) is 9.97 Å². The first-order valence-corrected chi connectivity index (χ1v) is 9.99. The molecule has 6 rings (SSSR count). The van der Waals surface area contributed by atoms with Gasteiger partial charge in [-0.2, -0.15) is 0 Å². The van der Waals surface area contributed by atoms with Gasteiger partial charge in [-0.15, -0.1) is 0 Å². The molecule has 0 saturated heterocycles. The molecule has 1 atom stereocenters. The number of aliphatic imine (C=N–C) groups is 2. The molecule has 2 N–H and O–H groups in total. The number of nitrogens with zero attached hydrogens (tertiary/aromatic N) is 3. The molecular formula is C25H17N5NiO. The van der Waals surface area contributed by atoms with E-state index in [4.69, 9.17) is 0 Å². The van der Waals surface area contributed by atoms with Crippen molar-refractivity contribution in [3.8, 4) is 0 Å². The Hall–Kier alpha value is -3.64. The second-order valence-corrected chi connectivity index (χ2v) is 7.51. The largest absolute Gasteiger partial charge is 0.623 e. The maximum atomic E-state index is 13.3. The maximum Gasteiger partial charge on any atom is 0.148 e. The summed E-state index contributed by atoms with van der Waals surface area (Å²) >= 11 is 0. The van der Waals surface area contributed by atoms with E-state index in [-0.39, 0.29) is 21.6 Å². The molecule has 32 heavy (non-hydrogen) atoms. The van der Waals surface area contributed by atoms with Gasteiger partial charge in [-0.05, 0) is 60.7 Å². The zero-order chi connectivity index (χ0) is 20.8. The van der Waals surface area contributed by atoms with Crippen LogP contribution in [0.25, 0.3) is 17.7 Å². The average molecular weight is 462 g/mol. The third-order valence-corrected chi connectivity index (χ3v) is 5.34. The molecule has 0 aromatic carbocycles. The zero-order valence-electron chi connectivity index (χ0n) is 16.7. The fourth-order valence-corrected chi connectivity index (χ4v) is 3.90. The molecule has 6 nitrogen and oxygen atoms in total. The van der Waals surface area contributed by atoms with Gasteiger partial charge in [-0.1, -0.05) is 6.07 Å². The van der Waals surface area contributed by atoms with Crippen molar-refractivity contribution < 1.29 is 21.6 Å².